The van der Waals surface area contributed by atoms with Gasteiger partial charge in [-0.2, -0.15) is 0 Å². The highest BCUT2D eigenvalue weighted by atomic mass is 16.5. The van der Waals surface area contributed by atoms with Crippen molar-refractivity contribution < 1.29 is 9.53 Å². The zero-order chi connectivity index (χ0) is 14.2. The van der Waals surface area contributed by atoms with Gasteiger partial charge in [-0.1, -0.05) is 19.3 Å². The van der Waals surface area contributed by atoms with Crippen LogP contribution in [-0.2, 0) is 4.74 Å². The minimum atomic E-state index is -0.256. The molecular formula is C13H21N5O2. The zero-order valence-electron chi connectivity index (χ0n) is 11.5. The van der Waals surface area contributed by atoms with Crippen molar-refractivity contribution in [3.8, 4) is 0 Å². The quantitative estimate of drug-likeness (QED) is 0.405. The molecule has 1 aromatic heterocycles. The maximum absolute atomic E-state index is 11.8. The Labute approximate surface area is 118 Å². The number of ether oxygens (including phenoxy) is 1. The van der Waals surface area contributed by atoms with Crippen LogP contribution in [0.1, 0.15) is 42.6 Å². The number of carbonyl (C=O) groups excluding carboxylic acids is 1. The van der Waals surface area contributed by atoms with E-state index < -0.39 is 0 Å². The predicted molar refractivity (Wildman–Crippen MR) is 75.0 cm³/mol. The first-order chi connectivity index (χ1) is 9.79. The molecule has 1 heterocycles. The summed E-state index contributed by atoms with van der Waals surface area (Å²) in [5.41, 5.74) is 2.62. The molecule has 0 spiro atoms. The van der Waals surface area contributed by atoms with Crippen LogP contribution >= 0.6 is 0 Å². The van der Waals surface area contributed by atoms with Crippen LogP contribution in [0.15, 0.2) is 12.1 Å². The summed E-state index contributed by atoms with van der Waals surface area (Å²) in [7, 11) is 0. The third-order valence-electron chi connectivity index (χ3n) is 3.34. The lowest BCUT2D eigenvalue weighted by atomic mass is 9.98. The van der Waals surface area contributed by atoms with Gasteiger partial charge in [0, 0.05) is 6.54 Å². The molecule has 2 rings (SSSR count). The van der Waals surface area contributed by atoms with Gasteiger partial charge < -0.3 is 15.5 Å². The van der Waals surface area contributed by atoms with Crippen LogP contribution in [-0.4, -0.2) is 35.4 Å². The average molecular weight is 279 g/mol. The molecule has 1 aromatic rings. The third-order valence-corrected chi connectivity index (χ3v) is 3.34. The minimum Gasteiger partial charge on any atom is -0.376 e. The van der Waals surface area contributed by atoms with E-state index in [0.717, 1.165) is 12.8 Å². The Morgan fingerprint density at radius 2 is 2.10 bits per heavy atom. The fourth-order valence-corrected chi connectivity index (χ4v) is 2.24. The van der Waals surface area contributed by atoms with Crippen molar-refractivity contribution in [3.63, 3.8) is 0 Å². The number of nitrogens with zero attached hydrogens (tertiary/aromatic N) is 2. The van der Waals surface area contributed by atoms with Gasteiger partial charge in [-0.25, -0.2) is 5.84 Å². The summed E-state index contributed by atoms with van der Waals surface area (Å²) in [6.07, 6.45) is 6.42. The highest BCUT2D eigenvalue weighted by Gasteiger charge is 2.13. The predicted octanol–water partition coefficient (Wildman–Crippen LogP) is 0.841. The smallest absolute Gasteiger partial charge is 0.271 e. The lowest BCUT2D eigenvalue weighted by Crippen LogP contribution is -2.30. The molecular weight excluding hydrogens is 258 g/mol. The second-order valence-corrected chi connectivity index (χ2v) is 4.83. The number of nitrogens with one attached hydrogen (secondary N) is 2. The van der Waals surface area contributed by atoms with Crippen molar-refractivity contribution in [1.29, 1.82) is 0 Å². The molecule has 110 valence electrons. The fraction of sp³-hybridized carbons (Fsp3) is 0.615. The van der Waals surface area contributed by atoms with Crippen molar-refractivity contribution >= 4 is 11.7 Å². The molecule has 0 aromatic carbocycles. The van der Waals surface area contributed by atoms with Crippen LogP contribution in [0.5, 0.6) is 0 Å². The number of anilines is 1. The number of rotatable bonds is 6. The van der Waals surface area contributed by atoms with Gasteiger partial charge in [-0.15, -0.1) is 10.2 Å². The van der Waals surface area contributed by atoms with Crippen molar-refractivity contribution in [2.75, 3.05) is 18.6 Å². The number of nitrogen functional groups attached to an aromatic ring is 1. The molecule has 4 N–H and O–H groups in total. The van der Waals surface area contributed by atoms with Crippen LogP contribution in [0.4, 0.5) is 5.82 Å². The Morgan fingerprint density at radius 3 is 2.75 bits per heavy atom. The van der Waals surface area contributed by atoms with E-state index in [9.17, 15) is 4.79 Å². The van der Waals surface area contributed by atoms with E-state index in [4.69, 9.17) is 10.6 Å². The standard InChI is InChI=1S/C13H21N5O2/c14-16-12-7-6-11(17-18-12)13(19)15-8-9-20-10-4-2-1-3-5-10/h6-7,10H,1-5,8-9,14H2,(H,15,19)(H,16,18). The molecule has 0 atom stereocenters. The molecule has 7 heteroatoms. The number of nitrogens with two attached hydrogens (primary N) is 1. The molecule has 1 aliphatic carbocycles. The Bertz CT molecular complexity index is 417. The molecule has 0 saturated heterocycles. The second kappa shape index (κ2) is 7.76. The van der Waals surface area contributed by atoms with Crippen molar-refractivity contribution in [2.24, 2.45) is 5.84 Å². The maximum Gasteiger partial charge on any atom is 0.271 e. The SMILES string of the molecule is NNc1ccc(C(=O)NCCOC2CCCCC2)nn1. The number of aromatic nitrogens is 2. The summed E-state index contributed by atoms with van der Waals surface area (Å²) in [4.78, 5) is 11.8. The third kappa shape index (κ3) is 4.43. The number of carbonyl (C=O) groups is 1. The van der Waals surface area contributed by atoms with Crippen LogP contribution in [0.2, 0.25) is 0 Å². The number of amides is 1. The molecule has 0 bridgehead atoms. The van der Waals surface area contributed by atoms with Gasteiger partial charge >= 0.3 is 0 Å². The topological polar surface area (TPSA) is 102 Å². The van der Waals surface area contributed by atoms with Gasteiger partial charge in [0.1, 0.15) is 0 Å². The van der Waals surface area contributed by atoms with Gasteiger partial charge in [-0.05, 0) is 25.0 Å². The Balaban J connectivity index is 1.66. The van der Waals surface area contributed by atoms with Crippen molar-refractivity contribution in [1.82, 2.24) is 15.5 Å². The molecule has 1 amide bonds. The summed E-state index contributed by atoms with van der Waals surface area (Å²) in [5, 5.41) is 10.3. The second-order valence-electron chi connectivity index (χ2n) is 4.83. The minimum absolute atomic E-state index is 0.256. The van der Waals surface area contributed by atoms with E-state index >= 15 is 0 Å². The van der Waals surface area contributed by atoms with Crippen molar-refractivity contribution in [3.05, 3.63) is 17.8 Å². The number of hydrogen-bond donors (Lipinski definition) is 3. The van der Waals surface area contributed by atoms with Crippen LogP contribution in [0.3, 0.4) is 0 Å². The summed E-state index contributed by atoms with van der Waals surface area (Å²) in [5.74, 6) is 5.34. The van der Waals surface area contributed by atoms with E-state index in [-0.39, 0.29) is 11.6 Å². The molecule has 0 unspecified atom stereocenters. The highest BCUT2D eigenvalue weighted by Crippen LogP contribution is 2.19. The monoisotopic (exact) mass is 279 g/mol. The normalized spacial score (nSPS) is 15.8. The maximum atomic E-state index is 11.8. The van der Waals surface area contributed by atoms with E-state index in [1.807, 2.05) is 0 Å². The van der Waals surface area contributed by atoms with Crippen LogP contribution in [0, 0.1) is 0 Å². The Hall–Kier alpha value is -1.73. The summed E-state index contributed by atoms with van der Waals surface area (Å²) in [6.45, 7) is 1.01. The van der Waals surface area contributed by atoms with E-state index in [2.05, 4.69) is 20.9 Å². The number of hydrazine groups is 1. The Morgan fingerprint density at radius 1 is 1.30 bits per heavy atom. The summed E-state index contributed by atoms with van der Waals surface area (Å²) >= 11 is 0. The molecule has 20 heavy (non-hydrogen) atoms. The molecule has 1 saturated carbocycles. The van der Waals surface area contributed by atoms with E-state index in [1.54, 1.807) is 12.1 Å². The van der Waals surface area contributed by atoms with Crippen LogP contribution < -0.4 is 16.6 Å². The fourth-order valence-electron chi connectivity index (χ4n) is 2.24. The van der Waals surface area contributed by atoms with E-state index in [0.29, 0.717) is 25.1 Å². The van der Waals surface area contributed by atoms with Gasteiger partial charge in [0.25, 0.3) is 5.91 Å². The Kier molecular flexibility index (Phi) is 5.69. The van der Waals surface area contributed by atoms with Gasteiger partial charge in [0.05, 0.1) is 12.7 Å². The highest BCUT2D eigenvalue weighted by molar-refractivity contribution is 5.92. The molecule has 1 aliphatic rings. The van der Waals surface area contributed by atoms with Gasteiger partial charge in [0.15, 0.2) is 11.5 Å². The lowest BCUT2D eigenvalue weighted by Gasteiger charge is -2.21. The first kappa shape index (κ1) is 14.7. The number of hydrogen-bond acceptors (Lipinski definition) is 6. The van der Waals surface area contributed by atoms with Gasteiger partial charge in [-0.3, -0.25) is 4.79 Å². The molecule has 7 nitrogen and oxygen atoms in total. The summed E-state index contributed by atoms with van der Waals surface area (Å²) in [6, 6.07) is 3.17. The van der Waals surface area contributed by atoms with Gasteiger partial charge in [0.2, 0.25) is 0 Å². The lowest BCUT2D eigenvalue weighted by molar-refractivity contribution is 0.0299. The first-order valence-electron chi connectivity index (χ1n) is 7.00. The molecule has 0 aliphatic heterocycles. The first-order valence-corrected chi connectivity index (χ1v) is 7.00. The van der Waals surface area contributed by atoms with Crippen molar-refractivity contribution in [2.45, 2.75) is 38.2 Å². The van der Waals surface area contributed by atoms with Crippen LogP contribution in [0.25, 0.3) is 0 Å². The molecule has 0 radical (unpaired) electrons. The molecule has 1 fully saturated rings. The average Bonchev–Trinajstić information content (AvgIpc) is 2.52. The van der Waals surface area contributed by atoms with E-state index in [1.165, 1.54) is 19.3 Å². The summed E-state index contributed by atoms with van der Waals surface area (Å²) < 4.78 is 5.73. The zero-order valence-corrected chi connectivity index (χ0v) is 11.5. The largest absolute Gasteiger partial charge is 0.376 e.